The van der Waals surface area contributed by atoms with E-state index in [2.05, 4.69) is 10.6 Å². The van der Waals surface area contributed by atoms with Gasteiger partial charge in [0.2, 0.25) is 5.91 Å². The molecule has 0 aliphatic rings. The van der Waals surface area contributed by atoms with Gasteiger partial charge in [0.25, 0.3) is 0 Å². The molecule has 3 N–H and O–H groups in total. The summed E-state index contributed by atoms with van der Waals surface area (Å²) in [6, 6.07) is 5.30. The Hall–Kier alpha value is -0.810. The zero-order chi connectivity index (χ0) is 13.4. The quantitative estimate of drug-likeness (QED) is 0.662. The van der Waals surface area contributed by atoms with Crippen molar-refractivity contribution in [3.8, 4) is 0 Å². The standard InChI is InChI=1S/C12H16Cl2N2O2/c13-10-2-1-9(11(14)7-10)3-4-16-12(18)8-15-5-6-17/h1-2,7,15,17H,3-6,8H2,(H,16,18). The molecule has 0 aromatic heterocycles. The van der Waals surface area contributed by atoms with E-state index in [-0.39, 0.29) is 19.1 Å². The van der Waals surface area contributed by atoms with Crippen molar-refractivity contribution < 1.29 is 9.90 Å². The lowest BCUT2D eigenvalue weighted by Crippen LogP contribution is -2.35. The highest BCUT2D eigenvalue weighted by Gasteiger charge is 2.03. The van der Waals surface area contributed by atoms with Crippen molar-refractivity contribution in [1.29, 1.82) is 0 Å². The average Bonchev–Trinajstić information content (AvgIpc) is 2.32. The van der Waals surface area contributed by atoms with Gasteiger partial charge in [-0.2, -0.15) is 0 Å². The first kappa shape index (κ1) is 15.2. The SMILES string of the molecule is O=C(CNCCO)NCCc1ccc(Cl)cc1Cl. The molecule has 1 aromatic rings. The molecule has 18 heavy (non-hydrogen) atoms. The minimum absolute atomic E-state index is 0.0215. The Kier molecular flexibility index (Phi) is 7.05. The van der Waals surface area contributed by atoms with Gasteiger partial charge in [-0.25, -0.2) is 0 Å². The molecule has 0 aliphatic carbocycles. The van der Waals surface area contributed by atoms with Crippen molar-refractivity contribution in [2.45, 2.75) is 6.42 Å². The summed E-state index contributed by atoms with van der Waals surface area (Å²) in [5, 5.41) is 15.3. The fourth-order valence-electron chi connectivity index (χ4n) is 1.40. The monoisotopic (exact) mass is 290 g/mol. The van der Waals surface area contributed by atoms with Crippen LogP contribution in [0, 0.1) is 0 Å². The van der Waals surface area contributed by atoms with Crippen LogP contribution < -0.4 is 10.6 Å². The average molecular weight is 291 g/mol. The molecule has 4 nitrogen and oxygen atoms in total. The number of aliphatic hydroxyl groups excluding tert-OH is 1. The number of carbonyl (C=O) groups excluding carboxylic acids is 1. The van der Waals surface area contributed by atoms with Crippen LogP contribution in [0.4, 0.5) is 0 Å². The van der Waals surface area contributed by atoms with Gasteiger partial charge in [-0.05, 0) is 24.1 Å². The summed E-state index contributed by atoms with van der Waals surface area (Å²) in [6.07, 6.45) is 0.655. The zero-order valence-electron chi connectivity index (χ0n) is 9.88. The zero-order valence-corrected chi connectivity index (χ0v) is 11.4. The predicted molar refractivity (Wildman–Crippen MR) is 73.1 cm³/mol. The molecule has 0 spiro atoms. The molecule has 0 bridgehead atoms. The van der Waals surface area contributed by atoms with E-state index in [4.69, 9.17) is 28.3 Å². The van der Waals surface area contributed by atoms with E-state index in [0.29, 0.717) is 29.6 Å². The number of nitrogens with one attached hydrogen (secondary N) is 2. The second-order valence-corrected chi connectivity index (χ2v) is 4.58. The summed E-state index contributed by atoms with van der Waals surface area (Å²) >= 11 is 11.8. The van der Waals surface area contributed by atoms with Crippen LogP contribution in [0.5, 0.6) is 0 Å². The van der Waals surface area contributed by atoms with Crippen LogP contribution in [0.3, 0.4) is 0 Å². The van der Waals surface area contributed by atoms with Crippen LogP contribution in [0.25, 0.3) is 0 Å². The molecule has 0 saturated heterocycles. The van der Waals surface area contributed by atoms with Gasteiger partial charge in [0, 0.05) is 23.1 Å². The fourth-order valence-corrected chi connectivity index (χ4v) is 1.91. The highest BCUT2D eigenvalue weighted by atomic mass is 35.5. The first-order valence-corrected chi connectivity index (χ1v) is 6.41. The molecule has 0 saturated carbocycles. The van der Waals surface area contributed by atoms with E-state index in [1.54, 1.807) is 12.1 Å². The lowest BCUT2D eigenvalue weighted by atomic mass is 10.1. The van der Waals surface area contributed by atoms with Crippen LogP contribution in [0.2, 0.25) is 10.0 Å². The van der Waals surface area contributed by atoms with E-state index in [1.165, 1.54) is 0 Å². The summed E-state index contributed by atoms with van der Waals surface area (Å²) < 4.78 is 0. The van der Waals surface area contributed by atoms with Gasteiger partial charge in [-0.3, -0.25) is 4.79 Å². The van der Waals surface area contributed by atoms with Gasteiger partial charge < -0.3 is 15.7 Å². The molecule has 1 aromatic carbocycles. The molecule has 100 valence electrons. The van der Waals surface area contributed by atoms with Crippen molar-refractivity contribution in [1.82, 2.24) is 10.6 Å². The second-order valence-electron chi connectivity index (χ2n) is 3.74. The smallest absolute Gasteiger partial charge is 0.233 e. The second kappa shape index (κ2) is 8.32. The highest BCUT2D eigenvalue weighted by Crippen LogP contribution is 2.20. The lowest BCUT2D eigenvalue weighted by Gasteiger charge is -2.07. The summed E-state index contributed by atoms with van der Waals surface area (Å²) in [7, 11) is 0. The van der Waals surface area contributed by atoms with Crippen LogP contribution in [0.15, 0.2) is 18.2 Å². The molecule has 1 rings (SSSR count). The van der Waals surface area contributed by atoms with Crippen molar-refractivity contribution >= 4 is 29.1 Å². The Bertz CT molecular complexity index is 400. The van der Waals surface area contributed by atoms with Crippen molar-refractivity contribution in [3.05, 3.63) is 33.8 Å². The number of hydrogen-bond donors (Lipinski definition) is 3. The lowest BCUT2D eigenvalue weighted by molar-refractivity contribution is -0.120. The van der Waals surface area contributed by atoms with Crippen LogP contribution in [-0.2, 0) is 11.2 Å². The number of carbonyl (C=O) groups is 1. The first-order valence-electron chi connectivity index (χ1n) is 5.65. The van der Waals surface area contributed by atoms with Gasteiger partial charge in [0.15, 0.2) is 0 Å². The predicted octanol–water partition coefficient (Wildman–Crippen LogP) is 1.23. The normalized spacial score (nSPS) is 10.4. The topological polar surface area (TPSA) is 61.4 Å². The van der Waals surface area contributed by atoms with Crippen LogP contribution >= 0.6 is 23.2 Å². The Morgan fingerprint density at radius 3 is 2.72 bits per heavy atom. The first-order chi connectivity index (χ1) is 8.63. The summed E-state index contributed by atoms with van der Waals surface area (Å²) in [4.78, 5) is 11.3. The van der Waals surface area contributed by atoms with E-state index in [0.717, 1.165) is 5.56 Å². The summed E-state index contributed by atoms with van der Waals surface area (Å²) in [6.45, 7) is 1.15. The molecule has 0 unspecified atom stereocenters. The van der Waals surface area contributed by atoms with Gasteiger partial charge in [0.1, 0.15) is 0 Å². The number of benzene rings is 1. The van der Waals surface area contributed by atoms with Gasteiger partial charge in [-0.15, -0.1) is 0 Å². The molecule has 1 amide bonds. The van der Waals surface area contributed by atoms with Crippen molar-refractivity contribution in [3.63, 3.8) is 0 Å². The van der Waals surface area contributed by atoms with E-state index in [1.807, 2.05) is 6.07 Å². The van der Waals surface area contributed by atoms with E-state index < -0.39 is 0 Å². The summed E-state index contributed by atoms with van der Waals surface area (Å²) in [5.41, 5.74) is 0.949. The molecule has 0 atom stereocenters. The molecule has 0 radical (unpaired) electrons. The molecular formula is C12H16Cl2N2O2. The minimum atomic E-state index is -0.103. The maximum absolute atomic E-state index is 11.3. The third-order valence-electron chi connectivity index (χ3n) is 2.31. The molecule has 0 fully saturated rings. The molecule has 6 heteroatoms. The van der Waals surface area contributed by atoms with Crippen LogP contribution in [-0.4, -0.2) is 37.3 Å². The Morgan fingerprint density at radius 1 is 1.28 bits per heavy atom. The van der Waals surface area contributed by atoms with Gasteiger partial charge in [-0.1, -0.05) is 29.3 Å². The maximum Gasteiger partial charge on any atom is 0.233 e. The molecule has 0 heterocycles. The van der Waals surface area contributed by atoms with Crippen molar-refractivity contribution in [2.75, 3.05) is 26.2 Å². The molecular weight excluding hydrogens is 275 g/mol. The Morgan fingerprint density at radius 2 is 2.06 bits per heavy atom. The third kappa shape index (κ3) is 5.69. The number of hydrogen-bond acceptors (Lipinski definition) is 3. The van der Waals surface area contributed by atoms with Gasteiger partial charge >= 0.3 is 0 Å². The number of amides is 1. The third-order valence-corrected chi connectivity index (χ3v) is 2.89. The Labute approximate surface area is 116 Å². The fraction of sp³-hybridized carbons (Fsp3) is 0.417. The maximum atomic E-state index is 11.3. The summed E-state index contributed by atoms with van der Waals surface area (Å²) in [5.74, 6) is -0.103. The number of halogens is 2. The van der Waals surface area contributed by atoms with Crippen LogP contribution in [0.1, 0.15) is 5.56 Å². The minimum Gasteiger partial charge on any atom is -0.395 e. The van der Waals surface area contributed by atoms with Crippen molar-refractivity contribution in [2.24, 2.45) is 0 Å². The van der Waals surface area contributed by atoms with E-state index in [9.17, 15) is 4.79 Å². The number of rotatable bonds is 7. The highest BCUT2D eigenvalue weighted by molar-refractivity contribution is 6.35. The molecule has 0 aliphatic heterocycles. The van der Waals surface area contributed by atoms with Gasteiger partial charge in [0.05, 0.1) is 13.2 Å². The largest absolute Gasteiger partial charge is 0.395 e. The number of aliphatic hydroxyl groups is 1. The van der Waals surface area contributed by atoms with E-state index >= 15 is 0 Å². The Balaban J connectivity index is 2.26.